The summed E-state index contributed by atoms with van der Waals surface area (Å²) in [6.07, 6.45) is 0. The summed E-state index contributed by atoms with van der Waals surface area (Å²) in [5.41, 5.74) is 3.76. The molecule has 0 amide bonds. The minimum absolute atomic E-state index is 0.0326. The lowest BCUT2D eigenvalue weighted by molar-refractivity contribution is 0.385. The molecule has 0 spiro atoms. The summed E-state index contributed by atoms with van der Waals surface area (Å²) in [5, 5.41) is 3.29. The van der Waals surface area contributed by atoms with Crippen molar-refractivity contribution in [2.75, 3.05) is 19.5 Å². The van der Waals surface area contributed by atoms with Crippen LogP contribution in [0.1, 0.15) is 30.5 Å². The van der Waals surface area contributed by atoms with Gasteiger partial charge in [-0.05, 0) is 19.4 Å². The van der Waals surface area contributed by atoms with Crippen molar-refractivity contribution in [1.82, 2.24) is 5.32 Å². The molecule has 0 radical (unpaired) electrons. The molecule has 1 aromatic rings. The number of aryl methyl sites for hydroxylation is 2. The van der Waals surface area contributed by atoms with Gasteiger partial charge in [-0.3, -0.25) is 0 Å². The molecule has 3 heteroatoms. The highest BCUT2D eigenvalue weighted by atomic mass is 32.1. The highest BCUT2D eigenvalue weighted by Gasteiger charge is 2.25. The lowest BCUT2D eigenvalue weighted by atomic mass is 9.82. The molecule has 0 saturated carbocycles. The fourth-order valence-electron chi connectivity index (χ4n) is 2.19. The van der Waals surface area contributed by atoms with E-state index in [-0.39, 0.29) is 5.41 Å². The lowest BCUT2D eigenvalue weighted by Crippen LogP contribution is -2.33. The van der Waals surface area contributed by atoms with Gasteiger partial charge in [0.25, 0.3) is 0 Å². The second-order valence-electron chi connectivity index (χ2n) is 5.13. The van der Waals surface area contributed by atoms with Crippen LogP contribution in [0.4, 0.5) is 0 Å². The average molecular weight is 253 g/mol. The van der Waals surface area contributed by atoms with Crippen molar-refractivity contribution in [3.8, 4) is 5.75 Å². The minimum Gasteiger partial charge on any atom is -0.496 e. The fourth-order valence-corrected chi connectivity index (χ4v) is 2.30. The summed E-state index contributed by atoms with van der Waals surface area (Å²) in [6, 6.07) is 4.37. The van der Waals surface area contributed by atoms with Crippen LogP contribution in [0.2, 0.25) is 0 Å². The zero-order valence-electron chi connectivity index (χ0n) is 11.4. The third kappa shape index (κ3) is 3.39. The lowest BCUT2D eigenvalue weighted by Gasteiger charge is -2.28. The fraction of sp³-hybridized carbons (Fsp3) is 0.571. The van der Waals surface area contributed by atoms with E-state index in [0.29, 0.717) is 5.88 Å². The van der Waals surface area contributed by atoms with Gasteiger partial charge in [0.2, 0.25) is 0 Å². The van der Waals surface area contributed by atoms with Crippen molar-refractivity contribution in [3.63, 3.8) is 0 Å². The number of nitrogens with one attached hydrogen (secondary N) is 1. The van der Waals surface area contributed by atoms with E-state index in [2.05, 4.69) is 57.8 Å². The third-order valence-corrected chi connectivity index (χ3v) is 3.25. The van der Waals surface area contributed by atoms with Crippen LogP contribution >= 0.6 is 12.6 Å². The number of methoxy groups -OCH3 is 1. The van der Waals surface area contributed by atoms with Gasteiger partial charge in [0.15, 0.2) is 0 Å². The van der Waals surface area contributed by atoms with Gasteiger partial charge in [-0.2, -0.15) is 12.6 Å². The first kappa shape index (κ1) is 14.4. The van der Waals surface area contributed by atoms with E-state index in [0.717, 1.165) is 12.3 Å². The third-order valence-electron chi connectivity index (χ3n) is 3.03. The molecule has 0 atom stereocenters. The minimum atomic E-state index is 0.0326. The highest BCUT2D eigenvalue weighted by Crippen LogP contribution is 2.34. The topological polar surface area (TPSA) is 21.3 Å². The molecule has 0 aliphatic heterocycles. The molecule has 1 aromatic carbocycles. The van der Waals surface area contributed by atoms with E-state index in [1.54, 1.807) is 7.11 Å². The number of hydrogen-bond acceptors (Lipinski definition) is 3. The molecule has 0 aliphatic carbocycles. The quantitative estimate of drug-likeness (QED) is 0.621. The first-order valence-corrected chi connectivity index (χ1v) is 6.53. The van der Waals surface area contributed by atoms with Gasteiger partial charge < -0.3 is 10.1 Å². The zero-order chi connectivity index (χ0) is 13.1. The Bertz CT molecular complexity index is 388. The smallest absolute Gasteiger partial charge is 0.125 e. The zero-order valence-corrected chi connectivity index (χ0v) is 12.3. The van der Waals surface area contributed by atoms with Crippen molar-refractivity contribution in [3.05, 3.63) is 28.8 Å². The Balaban J connectivity index is 3.18. The van der Waals surface area contributed by atoms with Crippen LogP contribution in [-0.4, -0.2) is 19.5 Å². The van der Waals surface area contributed by atoms with E-state index in [1.807, 2.05) is 0 Å². The Labute approximate surface area is 110 Å². The van der Waals surface area contributed by atoms with E-state index >= 15 is 0 Å². The number of rotatable bonds is 5. The van der Waals surface area contributed by atoms with Crippen molar-refractivity contribution >= 4 is 12.6 Å². The van der Waals surface area contributed by atoms with Crippen LogP contribution in [0.3, 0.4) is 0 Å². The first-order valence-electron chi connectivity index (χ1n) is 5.89. The maximum atomic E-state index is 5.55. The van der Waals surface area contributed by atoms with Gasteiger partial charge in [0.05, 0.1) is 7.11 Å². The van der Waals surface area contributed by atoms with Gasteiger partial charge in [0.1, 0.15) is 5.75 Å². The summed E-state index contributed by atoms with van der Waals surface area (Å²) in [4.78, 5) is 0. The number of benzene rings is 1. The van der Waals surface area contributed by atoms with Gasteiger partial charge >= 0.3 is 0 Å². The molecule has 1 N–H and O–H groups in total. The summed E-state index contributed by atoms with van der Waals surface area (Å²) in [7, 11) is 1.74. The summed E-state index contributed by atoms with van der Waals surface area (Å²) >= 11 is 4.19. The number of thiol groups is 1. The van der Waals surface area contributed by atoms with Crippen molar-refractivity contribution < 1.29 is 4.74 Å². The van der Waals surface area contributed by atoms with Crippen LogP contribution in [0, 0.1) is 13.8 Å². The van der Waals surface area contributed by atoms with E-state index in [9.17, 15) is 0 Å². The molecule has 2 nitrogen and oxygen atoms in total. The Morgan fingerprint density at radius 1 is 1.29 bits per heavy atom. The van der Waals surface area contributed by atoms with Crippen LogP contribution in [-0.2, 0) is 5.41 Å². The Morgan fingerprint density at radius 2 is 1.94 bits per heavy atom. The Kier molecular flexibility index (Phi) is 4.90. The van der Waals surface area contributed by atoms with Gasteiger partial charge in [0, 0.05) is 23.4 Å². The van der Waals surface area contributed by atoms with Crippen LogP contribution in [0.25, 0.3) is 0 Å². The number of hydrogen-bond donors (Lipinski definition) is 2. The Morgan fingerprint density at radius 3 is 2.47 bits per heavy atom. The standard InChI is InChI=1S/C14H23NOS/c1-10-6-11(2)13(16-5)12(7-10)14(3,4)8-15-9-17/h6-7,15,17H,8-9H2,1-5H3. The van der Waals surface area contributed by atoms with E-state index < -0.39 is 0 Å². The molecule has 0 aliphatic rings. The molecule has 0 bridgehead atoms. The highest BCUT2D eigenvalue weighted by molar-refractivity contribution is 7.80. The molecule has 17 heavy (non-hydrogen) atoms. The molecule has 0 fully saturated rings. The first-order chi connectivity index (χ1) is 7.92. The molecular formula is C14H23NOS. The van der Waals surface area contributed by atoms with Crippen molar-refractivity contribution in [2.45, 2.75) is 33.1 Å². The van der Waals surface area contributed by atoms with Gasteiger partial charge in [-0.1, -0.05) is 31.5 Å². The summed E-state index contributed by atoms with van der Waals surface area (Å²) < 4.78 is 5.55. The van der Waals surface area contributed by atoms with Crippen LogP contribution in [0.5, 0.6) is 5.75 Å². The maximum Gasteiger partial charge on any atom is 0.125 e. The number of ether oxygens (including phenoxy) is 1. The van der Waals surface area contributed by atoms with E-state index in [1.165, 1.54) is 16.7 Å². The molecule has 0 aromatic heterocycles. The molecule has 0 unspecified atom stereocenters. The predicted octanol–water partition coefficient (Wildman–Crippen LogP) is 3.07. The second kappa shape index (κ2) is 5.78. The Hall–Kier alpha value is -0.670. The molecule has 0 heterocycles. The molecule has 0 saturated heterocycles. The van der Waals surface area contributed by atoms with Crippen molar-refractivity contribution in [2.24, 2.45) is 0 Å². The average Bonchev–Trinajstić information content (AvgIpc) is 2.25. The molecule has 1 rings (SSSR count). The van der Waals surface area contributed by atoms with Crippen molar-refractivity contribution in [1.29, 1.82) is 0 Å². The predicted molar refractivity (Wildman–Crippen MR) is 77.3 cm³/mol. The van der Waals surface area contributed by atoms with E-state index in [4.69, 9.17) is 4.74 Å². The van der Waals surface area contributed by atoms with Gasteiger partial charge in [-0.15, -0.1) is 0 Å². The molecular weight excluding hydrogens is 230 g/mol. The normalized spacial score (nSPS) is 11.6. The monoisotopic (exact) mass is 253 g/mol. The summed E-state index contributed by atoms with van der Waals surface area (Å²) in [6.45, 7) is 9.55. The molecule has 96 valence electrons. The summed E-state index contributed by atoms with van der Waals surface area (Å²) in [5.74, 6) is 1.69. The maximum absolute atomic E-state index is 5.55. The van der Waals surface area contributed by atoms with Gasteiger partial charge in [-0.25, -0.2) is 0 Å². The van der Waals surface area contributed by atoms with Crippen LogP contribution < -0.4 is 10.1 Å². The largest absolute Gasteiger partial charge is 0.496 e. The van der Waals surface area contributed by atoms with Crippen LogP contribution in [0.15, 0.2) is 12.1 Å². The second-order valence-corrected chi connectivity index (χ2v) is 5.45. The SMILES string of the molecule is COc1c(C)cc(C)cc1C(C)(C)CNCS.